The van der Waals surface area contributed by atoms with Gasteiger partial charge >= 0.3 is 0 Å². The van der Waals surface area contributed by atoms with E-state index < -0.39 is 0 Å². The van der Waals surface area contributed by atoms with Gasteiger partial charge in [-0.3, -0.25) is 4.98 Å². The quantitative estimate of drug-likeness (QED) is 0.443. The van der Waals surface area contributed by atoms with E-state index >= 15 is 0 Å². The Hall–Kier alpha value is -2.65. The minimum atomic E-state index is 0.172. The molecule has 2 aliphatic rings. The summed E-state index contributed by atoms with van der Waals surface area (Å²) in [6.45, 7) is 3.25. The molecule has 1 aliphatic heterocycles. The number of benzene rings is 1. The van der Waals surface area contributed by atoms with Gasteiger partial charge < -0.3 is 19.7 Å². The summed E-state index contributed by atoms with van der Waals surface area (Å²) in [6.07, 6.45) is 11.3. The Morgan fingerprint density at radius 3 is 2.62 bits per heavy atom. The second-order valence-corrected chi connectivity index (χ2v) is 8.98. The minimum absolute atomic E-state index is 0.172. The SMILES string of the molecule is CSc1cc(NC2CCC(Oc3cc(N4CCOCC4)cc4nccnc34)CC2)ncn1. The number of aromatic nitrogens is 4. The molecule has 1 saturated carbocycles. The molecule has 2 aromatic heterocycles. The second kappa shape index (κ2) is 9.87. The summed E-state index contributed by atoms with van der Waals surface area (Å²) in [4.78, 5) is 20.0. The van der Waals surface area contributed by atoms with Crippen molar-refractivity contribution >= 4 is 34.3 Å². The molecule has 1 N–H and O–H groups in total. The Labute approximate surface area is 192 Å². The lowest BCUT2D eigenvalue weighted by Gasteiger charge is -2.31. The lowest BCUT2D eigenvalue weighted by Crippen LogP contribution is -2.36. The zero-order valence-corrected chi connectivity index (χ0v) is 19.1. The topological polar surface area (TPSA) is 85.3 Å². The Balaban J connectivity index is 1.26. The van der Waals surface area contributed by atoms with Crippen LogP contribution in [0.1, 0.15) is 25.7 Å². The molecule has 32 heavy (non-hydrogen) atoms. The van der Waals surface area contributed by atoms with E-state index in [-0.39, 0.29) is 6.10 Å². The van der Waals surface area contributed by atoms with E-state index in [9.17, 15) is 0 Å². The molecule has 5 rings (SSSR count). The fraction of sp³-hybridized carbons (Fsp3) is 0.478. The van der Waals surface area contributed by atoms with Crippen molar-refractivity contribution in [2.45, 2.75) is 42.9 Å². The minimum Gasteiger partial charge on any atom is -0.488 e. The second-order valence-electron chi connectivity index (χ2n) is 8.15. The molecule has 3 aromatic rings. The van der Waals surface area contributed by atoms with Gasteiger partial charge in [0.05, 0.1) is 24.8 Å². The maximum absolute atomic E-state index is 6.52. The van der Waals surface area contributed by atoms with Crippen LogP contribution in [0.25, 0.3) is 11.0 Å². The van der Waals surface area contributed by atoms with Gasteiger partial charge in [-0.05, 0) is 38.0 Å². The Bertz CT molecular complexity index is 1050. The first kappa shape index (κ1) is 21.2. The average molecular weight is 453 g/mol. The Morgan fingerprint density at radius 2 is 1.81 bits per heavy atom. The van der Waals surface area contributed by atoms with Gasteiger partial charge in [-0.15, -0.1) is 11.8 Å². The van der Waals surface area contributed by atoms with Crippen LogP contribution >= 0.6 is 11.8 Å². The van der Waals surface area contributed by atoms with Crippen LogP contribution in [0.15, 0.2) is 41.9 Å². The molecule has 0 unspecified atom stereocenters. The van der Waals surface area contributed by atoms with E-state index in [0.717, 1.165) is 85.3 Å². The lowest BCUT2D eigenvalue weighted by molar-refractivity contribution is 0.122. The summed E-state index contributed by atoms with van der Waals surface area (Å²) in [6, 6.07) is 6.63. The summed E-state index contributed by atoms with van der Waals surface area (Å²) in [5, 5.41) is 4.54. The van der Waals surface area contributed by atoms with Crippen LogP contribution in [0.3, 0.4) is 0 Å². The monoisotopic (exact) mass is 452 g/mol. The molecule has 1 saturated heterocycles. The van der Waals surface area contributed by atoms with Crippen molar-refractivity contribution in [1.29, 1.82) is 0 Å². The molecule has 1 aliphatic carbocycles. The summed E-state index contributed by atoms with van der Waals surface area (Å²) < 4.78 is 12.0. The molecular formula is C23H28N6O2S. The number of nitrogens with zero attached hydrogens (tertiary/aromatic N) is 5. The van der Waals surface area contributed by atoms with E-state index in [2.05, 4.69) is 42.3 Å². The van der Waals surface area contributed by atoms with Crippen molar-refractivity contribution in [1.82, 2.24) is 19.9 Å². The zero-order chi connectivity index (χ0) is 21.8. The van der Waals surface area contributed by atoms with Crippen molar-refractivity contribution in [2.24, 2.45) is 0 Å². The number of anilines is 2. The first-order valence-corrected chi connectivity index (χ1v) is 12.4. The normalized spacial score (nSPS) is 21.5. The smallest absolute Gasteiger partial charge is 0.149 e. The maximum atomic E-state index is 6.52. The van der Waals surface area contributed by atoms with Gasteiger partial charge in [-0.2, -0.15) is 0 Å². The van der Waals surface area contributed by atoms with Crippen molar-refractivity contribution < 1.29 is 9.47 Å². The zero-order valence-electron chi connectivity index (χ0n) is 18.2. The van der Waals surface area contributed by atoms with Crippen molar-refractivity contribution in [3.63, 3.8) is 0 Å². The molecule has 0 atom stereocenters. The number of nitrogens with one attached hydrogen (secondary N) is 1. The van der Waals surface area contributed by atoms with Gasteiger partial charge in [-0.1, -0.05) is 0 Å². The Kier molecular flexibility index (Phi) is 6.54. The van der Waals surface area contributed by atoms with Gasteiger partial charge in [0, 0.05) is 49.3 Å². The van der Waals surface area contributed by atoms with Gasteiger partial charge in [0.1, 0.15) is 28.4 Å². The van der Waals surface area contributed by atoms with Crippen LogP contribution in [-0.4, -0.2) is 64.6 Å². The number of ether oxygens (including phenoxy) is 2. The summed E-state index contributed by atoms with van der Waals surface area (Å²) >= 11 is 1.63. The number of hydrogen-bond acceptors (Lipinski definition) is 9. The van der Waals surface area contributed by atoms with Crippen LogP contribution < -0.4 is 15.0 Å². The highest BCUT2D eigenvalue weighted by molar-refractivity contribution is 7.98. The van der Waals surface area contributed by atoms with Crippen LogP contribution in [0, 0.1) is 0 Å². The molecule has 0 radical (unpaired) electrons. The number of rotatable bonds is 6. The highest BCUT2D eigenvalue weighted by atomic mass is 32.2. The molecule has 0 bridgehead atoms. The number of hydrogen-bond donors (Lipinski definition) is 1. The van der Waals surface area contributed by atoms with E-state index in [1.165, 1.54) is 0 Å². The summed E-state index contributed by atoms with van der Waals surface area (Å²) in [7, 11) is 0. The molecular weight excluding hydrogens is 424 g/mol. The molecule has 0 amide bonds. The largest absolute Gasteiger partial charge is 0.488 e. The number of morpholine rings is 1. The highest BCUT2D eigenvalue weighted by Gasteiger charge is 2.24. The van der Waals surface area contributed by atoms with E-state index in [4.69, 9.17) is 9.47 Å². The van der Waals surface area contributed by atoms with Crippen LogP contribution in [-0.2, 0) is 4.74 Å². The fourth-order valence-electron chi connectivity index (χ4n) is 4.37. The molecule has 2 fully saturated rings. The van der Waals surface area contributed by atoms with Gasteiger partial charge in [-0.25, -0.2) is 15.0 Å². The van der Waals surface area contributed by atoms with Crippen LogP contribution in [0.4, 0.5) is 11.5 Å². The molecule has 0 spiro atoms. The van der Waals surface area contributed by atoms with Crippen molar-refractivity contribution in [3.05, 3.63) is 36.9 Å². The molecule has 8 nitrogen and oxygen atoms in total. The third-order valence-corrected chi connectivity index (χ3v) is 6.71. The highest BCUT2D eigenvalue weighted by Crippen LogP contribution is 2.33. The van der Waals surface area contributed by atoms with Gasteiger partial charge in [0.25, 0.3) is 0 Å². The first-order valence-electron chi connectivity index (χ1n) is 11.1. The maximum Gasteiger partial charge on any atom is 0.149 e. The molecule has 9 heteroatoms. The molecule has 1 aromatic carbocycles. The predicted molar refractivity (Wildman–Crippen MR) is 127 cm³/mol. The third kappa shape index (κ3) is 4.88. The fourth-order valence-corrected chi connectivity index (χ4v) is 4.75. The number of fused-ring (bicyclic) bond motifs is 1. The number of thioether (sulfide) groups is 1. The molecule has 3 heterocycles. The molecule has 168 valence electrons. The van der Waals surface area contributed by atoms with Crippen molar-refractivity contribution in [3.8, 4) is 5.75 Å². The summed E-state index contributed by atoms with van der Waals surface area (Å²) in [5.74, 6) is 1.72. The van der Waals surface area contributed by atoms with Gasteiger partial charge in [0.2, 0.25) is 0 Å². The lowest BCUT2D eigenvalue weighted by atomic mass is 9.93. The van der Waals surface area contributed by atoms with E-state index in [0.29, 0.717) is 6.04 Å². The van der Waals surface area contributed by atoms with Crippen LogP contribution in [0.5, 0.6) is 5.75 Å². The Morgan fingerprint density at radius 1 is 1.00 bits per heavy atom. The standard InChI is InChI=1S/C23H28N6O2S/c1-32-22-14-21(26-15-27-22)28-16-2-4-18(5-3-16)31-20-13-17(29-8-10-30-11-9-29)12-19-23(20)25-7-6-24-19/h6-7,12-16,18H,2-5,8-11H2,1H3,(H,26,27,28). The predicted octanol–water partition coefficient (Wildman–Crippen LogP) is 3.78. The van der Waals surface area contributed by atoms with E-state index in [1.807, 2.05) is 12.3 Å². The van der Waals surface area contributed by atoms with Crippen LogP contribution in [0.2, 0.25) is 0 Å². The van der Waals surface area contributed by atoms with Gasteiger partial charge in [0.15, 0.2) is 0 Å². The van der Waals surface area contributed by atoms with Crippen molar-refractivity contribution in [2.75, 3.05) is 42.8 Å². The summed E-state index contributed by atoms with van der Waals surface area (Å²) in [5.41, 5.74) is 2.82. The first-order chi connectivity index (χ1) is 15.8. The average Bonchev–Trinajstić information content (AvgIpc) is 2.86. The third-order valence-electron chi connectivity index (χ3n) is 6.07. The van der Waals surface area contributed by atoms with E-state index in [1.54, 1.807) is 30.5 Å².